The molecule has 0 aromatic rings. The normalized spacial score (nSPS) is 13.8. The summed E-state index contributed by atoms with van der Waals surface area (Å²) in [5, 5.41) is 44.0. The summed E-state index contributed by atoms with van der Waals surface area (Å²) >= 11 is 0. The summed E-state index contributed by atoms with van der Waals surface area (Å²) in [6, 6.07) is -1.00. The summed E-state index contributed by atoms with van der Waals surface area (Å²) in [5.74, 6) is -0.593. The second kappa shape index (κ2) is 55.7. The molecular formula is C61H119NO5. The van der Waals surface area contributed by atoms with Gasteiger partial charge in [0.1, 0.15) is 12.2 Å². The lowest BCUT2D eigenvalue weighted by molar-refractivity contribution is -0.132. The van der Waals surface area contributed by atoms with Crippen LogP contribution in [0.1, 0.15) is 328 Å². The average Bonchev–Trinajstić information content (AvgIpc) is 3.33. The lowest BCUT2D eigenvalue weighted by atomic mass is 10.00. The number of rotatable bonds is 56. The van der Waals surface area contributed by atoms with E-state index in [0.717, 1.165) is 44.9 Å². The van der Waals surface area contributed by atoms with Crippen LogP contribution in [0.3, 0.4) is 0 Å². The molecule has 0 aliphatic heterocycles. The van der Waals surface area contributed by atoms with Crippen molar-refractivity contribution in [3.63, 3.8) is 0 Å². The Kier molecular flexibility index (Phi) is 54.7. The van der Waals surface area contributed by atoms with E-state index in [1.54, 1.807) is 0 Å². The first kappa shape index (κ1) is 65.8. The van der Waals surface area contributed by atoms with Gasteiger partial charge in [-0.2, -0.15) is 0 Å². The number of carbonyl (C=O) groups is 1. The Balaban J connectivity index is 3.62. The largest absolute Gasteiger partial charge is 0.394 e. The highest BCUT2D eigenvalue weighted by molar-refractivity contribution is 5.80. The molecule has 0 bridgehead atoms. The Bertz CT molecular complexity index is 1020. The van der Waals surface area contributed by atoms with Crippen LogP contribution in [0.5, 0.6) is 0 Å². The van der Waals surface area contributed by atoms with Crippen LogP contribution in [-0.2, 0) is 4.79 Å². The van der Waals surface area contributed by atoms with Crippen molar-refractivity contribution < 1.29 is 25.2 Å². The molecule has 0 saturated heterocycles. The van der Waals surface area contributed by atoms with E-state index in [1.165, 1.54) is 257 Å². The van der Waals surface area contributed by atoms with Crippen molar-refractivity contribution in [1.29, 1.82) is 0 Å². The van der Waals surface area contributed by atoms with Crippen LogP contribution >= 0.6 is 0 Å². The molecule has 1 amide bonds. The van der Waals surface area contributed by atoms with E-state index in [-0.39, 0.29) is 0 Å². The molecule has 0 aromatic carbocycles. The highest BCUT2D eigenvalue weighted by Crippen LogP contribution is 2.18. The maximum absolute atomic E-state index is 12.6. The Morgan fingerprint density at radius 3 is 0.896 bits per heavy atom. The Morgan fingerprint density at radius 1 is 0.358 bits per heavy atom. The van der Waals surface area contributed by atoms with E-state index >= 15 is 0 Å². The van der Waals surface area contributed by atoms with Gasteiger partial charge < -0.3 is 25.7 Å². The molecule has 4 atom stereocenters. The van der Waals surface area contributed by atoms with Gasteiger partial charge in [0.15, 0.2) is 0 Å². The number of carbonyl (C=O) groups excluding carboxylic acids is 1. The van der Waals surface area contributed by atoms with Gasteiger partial charge in [-0.15, -0.1) is 0 Å². The fourth-order valence-electron chi connectivity index (χ4n) is 9.64. The summed E-state index contributed by atoms with van der Waals surface area (Å²) in [7, 11) is 0. The van der Waals surface area contributed by atoms with Gasteiger partial charge >= 0.3 is 0 Å². The van der Waals surface area contributed by atoms with Gasteiger partial charge in [-0.05, 0) is 64.2 Å². The second-order valence-corrected chi connectivity index (χ2v) is 21.0. The molecule has 0 rings (SSSR count). The highest BCUT2D eigenvalue weighted by atomic mass is 16.3. The molecule has 4 unspecified atom stereocenters. The summed E-state index contributed by atoms with van der Waals surface area (Å²) in [4.78, 5) is 12.6. The SMILES string of the molecule is CCCCCCCCCCCCCC/C=C\CCCCCCCCC(O)C(=O)NC(CO)C(O)C(O)CCC/C=C/CCCCCCCCCCCCCCCCCCCCCCCCCC. The van der Waals surface area contributed by atoms with Crippen molar-refractivity contribution in [2.75, 3.05) is 6.61 Å². The Morgan fingerprint density at radius 2 is 0.612 bits per heavy atom. The van der Waals surface area contributed by atoms with E-state index in [0.29, 0.717) is 12.8 Å². The number of nitrogens with one attached hydrogen (secondary N) is 1. The predicted octanol–water partition coefficient (Wildman–Crippen LogP) is 17.8. The number of hydrogen-bond acceptors (Lipinski definition) is 5. The monoisotopic (exact) mass is 946 g/mol. The average molecular weight is 947 g/mol. The molecule has 0 heterocycles. The van der Waals surface area contributed by atoms with E-state index in [4.69, 9.17) is 0 Å². The molecule has 0 spiro atoms. The third-order valence-corrected chi connectivity index (χ3v) is 14.4. The van der Waals surface area contributed by atoms with Crippen LogP contribution in [0.2, 0.25) is 0 Å². The maximum atomic E-state index is 12.6. The van der Waals surface area contributed by atoms with Gasteiger partial charge in [0, 0.05) is 0 Å². The first-order chi connectivity index (χ1) is 33.0. The fraction of sp³-hybridized carbons (Fsp3) is 0.918. The molecule has 67 heavy (non-hydrogen) atoms. The van der Waals surface area contributed by atoms with Crippen molar-refractivity contribution in [3.05, 3.63) is 24.3 Å². The van der Waals surface area contributed by atoms with Gasteiger partial charge in [-0.1, -0.05) is 289 Å². The van der Waals surface area contributed by atoms with E-state index in [9.17, 15) is 25.2 Å². The molecule has 0 saturated carbocycles. The Hall–Kier alpha value is -1.21. The van der Waals surface area contributed by atoms with E-state index < -0.39 is 36.9 Å². The van der Waals surface area contributed by atoms with Crippen molar-refractivity contribution >= 4 is 5.91 Å². The molecule has 0 fully saturated rings. The lowest BCUT2D eigenvalue weighted by Crippen LogP contribution is -2.53. The van der Waals surface area contributed by atoms with Crippen LogP contribution in [0.15, 0.2) is 24.3 Å². The number of amides is 1. The molecule has 0 radical (unpaired) electrons. The van der Waals surface area contributed by atoms with Gasteiger partial charge in [0.2, 0.25) is 5.91 Å². The highest BCUT2D eigenvalue weighted by Gasteiger charge is 2.28. The zero-order valence-corrected chi connectivity index (χ0v) is 45.2. The van der Waals surface area contributed by atoms with E-state index in [2.05, 4.69) is 43.5 Å². The van der Waals surface area contributed by atoms with E-state index in [1.807, 2.05) is 0 Å². The zero-order chi connectivity index (χ0) is 48.8. The lowest BCUT2D eigenvalue weighted by Gasteiger charge is -2.27. The van der Waals surface area contributed by atoms with Crippen molar-refractivity contribution in [3.8, 4) is 0 Å². The van der Waals surface area contributed by atoms with Gasteiger partial charge in [0.05, 0.1) is 18.8 Å². The van der Waals surface area contributed by atoms with Gasteiger partial charge in [-0.3, -0.25) is 4.79 Å². The minimum atomic E-state index is -1.28. The number of hydrogen-bond donors (Lipinski definition) is 5. The molecule has 6 heteroatoms. The first-order valence-corrected chi connectivity index (χ1v) is 30.2. The molecule has 398 valence electrons. The molecule has 0 aliphatic rings. The summed E-state index contributed by atoms with van der Waals surface area (Å²) in [6.07, 6.45) is 68.4. The molecule has 0 aliphatic carbocycles. The quantitative estimate of drug-likeness (QED) is 0.0308. The van der Waals surface area contributed by atoms with Crippen LogP contribution in [-0.4, -0.2) is 57.3 Å². The van der Waals surface area contributed by atoms with Crippen molar-refractivity contribution in [2.45, 2.75) is 353 Å². The molecule has 0 aromatic heterocycles. The van der Waals surface area contributed by atoms with Crippen molar-refractivity contribution in [1.82, 2.24) is 5.32 Å². The van der Waals surface area contributed by atoms with Crippen LogP contribution in [0, 0.1) is 0 Å². The van der Waals surface area contributed by atoms with Gasteiger partial charge in [0.25, 0.3) is 0 Å². The van der Waals surface area contributed by atoms with Crippen LogP contribution in [0.4, 0.5) is 0 Å². The predicted molar refractivity (Wildman–Crippen MR) is 293 cm³/mol. The van der Waals surface area contributed by atoms with Crippen LogP contribution < -0.4 is 5.32 Å². The Labute approximate surface area is 418 Å². The van der Waals surface area contributed by atoms with Gasteiger partial charge in [-0.25, -0.2) is 0 Å². The minimum Gasteiger partial charge on any atom is -0.394 e. The second-order valence-electron chi connectivity index (χ2n) is 21.0. The third kappa shape index (κ3) is 49.6. The summed E-state index contributed by atoms with van der Waals surface area (Å²) < 4.78 is 0. The van der Waals surface area contributed by atoms with Crippen LogP contribution in [0.25, 0.3) is 0 Å². The number of aliphatic hydroxyl groups excluding tert-OH is 4. The fourth-order valence-corrected chi connectivity index (χ4v) is 9.64. The van der Waals surface area contributed by atoms with Crippen molar-refractivity contribution in [2.24, 2.45) is 0 Å². The maximum Gasteiger partial charge on any atom is 0.249 e. The minimum absolute atomic E-state index is 0.358. The number of allylic oxidation sites excluding steroid dienone is 4. The molecular weight excluding hydrogens is 827 g/mol. The third-order valence-electron chi connectivity index (χ3n) is 14.4. The topological polar surface area (TPSA) is 110 Å². The smallest absolute Gasteiger partial charge is 0.249 e. The summed E-state index contributed by atoms with van der Waals surface area (Å²) in [5.41, 5.74) is 0. The standard InChI is InChI=1S/C61H119NO5/c1-3-5-7-9-11-13-15-17-19-21-23-25-27-28-29-30-31-32-33-35-36-38-40-42-44-46-48-50-52-54-58(64)60(66)57(56-63)62-61(67)59(65)55-53-51-49-47-45-43-41-39-37-34-26-24-22-20-18-16-14-12-10-8-6-4-2/h37,39,46,48,57-60,63-66H,3-36,38,40-45,47,49-56H2,1-2H3,(H,62,67)/b39-37-,48-46+. The first-order valence-electron chi connectivity index (χ1n) is 30.2. The number of aliphatic hydroxyl groups is 4. The molecule has 5 N–H and O–H groups in total. The summed E-state index contributed by atoms with van der Waals surface area (Å²) in [6.45, 7) is 4.08. The number of unbranched alkanes of at least 4 members (excludes halogenated alkanes) is 43. The zero-order valence-electron chi connectivity index (χ0n) is 45.2. The molecule has 6 nitrogen and oxygen atoms in total.